The molecule has 0 aliphatic carbocycles. The molecule has 0 unspecified atom stereocenters. The summed E-state index contributed by atoms with van der Waals surface area (Å²) in [6.45, 7) is 1.66. The fourth-order valence-electron chi connectivity index (χ4n) is 0.986. The topological polar surface area (TPSA) is 29.1 Å². The van der Waals surface area contributed by atoms with Gasteiger partial charge in [-0.3, -0.25) is 4.79 Å². The van der Waals surface area contributed by atoms with Crippen LogP contribution in [0.15, 0.2) is 24.3 Å². The van der Waals surface area contributed by atoms with Gasteiger partial charge in [-0.15, -0.1) is 23.2 Å². The van der Waals surface area contributed by atoms with E-state index in [-0.39, 0.29) is 5.91 Å². The van der Waals surface area contributed by atoms with Crippen molar-refractivity contribution in [1.29, 1.82) is 0 Å². The molecule has 2 nitrogen and oxygen atoms in total. The Morgan fingerprint density at radius 2 is 2.07 bits per heavy atom. The van der Waals surface area contributed by atoms with Crippen molar-refractivity contribution in [2.75, 3.05) is 5.32 Å². The lowest BCUT2D eigenvalue weighted by molar-refractivity contribution is -0.115. The molecule has 15 heavy (non-hydrogen) atoms. The molecule has 0 saturated carbocycles. The van der Waals surface area contributed by atoms with Crippen molar-refractivity contribution in [3.8, 4) is 0 Å². The number of benzene rings is 1. The monoisotopic (exact) mass is 265 g/mol. The van der Waals surface area contributed by atoms with E-state index in [1.165, 1.54) is 0 Å². The summed E-state index contributed by atoms with van der Waals surface area (Å²) in [5.74, 6) is -0.332. The number of nitrogens with one attached hydrogen (secondary N) is 1. The van der Waals surface area contributed by atoms with Crippen LogP contribution in [-0.4, -0.2) is 16.7 Å². The number of carbonyl (C=O) groups is 1. The van der Waals surface area contributed by atoms with Crippen LogP contribution in [0, 0.1) is 0 Å². The molecule has 1 aromatic rings. The smallest absolute Gasteiger partial charge is 0.243 e. The second-order valence-corrected chi connectivity index (χ2v) is 4.67. The second-order valence-electron chi connectivity index (χ2n) is 3.08. The second kappa shape index (κ2) is 5.59. The summed E-state index contributed by atoms with van der Waals surface area (Å²) < 4.78 is 0. The number of anilines is 1. The third kappa shape index (κ3) is 3.90. The van der Waals surface area contributed by atoms with Gasteiger partial charge in [0.25, 0.3) is 0 Å². The summed E-state index contributed by atoms with van der Waals surface area (Å²) in [5, 5.41) is 1.99. The van der Waals surface area contributed by atoms with Crippen LogP contribution in [0.2, 0.25) is 5.02 Å². The van der Waals surface area contributed by atoms with Gasteiger partial charge >= 0.3 is 0 Å². The maximum Gasteiger partial charge on any atom is 0.243 e. The summed E-state index contributed by atoms with van der Waals surface area (Å²) in [7, 11) is 0. The fraction of sp³-hybridized carbons (Fsp3) is 0.300. The predicted octanol–water partition coefficient (Wildman–Crippen LogP) is 3.51. The summed E-state index contributed by atoms with van der Waals surface area (Å²) in [5.41, 5.74) is 0.607. The Morgan fingerprint density at radius 1 is 1.40 bits per heavy atom. The van der Waals surface area contributed by atoms with E-state index in [9.17, 15) is 4.79 Å². The number of carbonyl (C=O) groups excluding carboxylic acids is 1. The van der Waals surface area contributed by atoms with Crippen molar-refractivity contribution in [2.24, 2.45) is 0 Å². The lowest BCUT2D eigenvalue weighted by Gasteiger charge is -2.12. The van der Waals surface area contributed by atoms with Gasteiger partial charge in [0, 0.05) is 10.7 Å². The van der Waals surface area contributed by atoms with Crippen molar-refractivity contribution in [3.05, 3.63) is 29.3 Å². The van der Waals surface area contributed by atoms with E-state index >= 15 is 0 Å². The Hall–Kier alpha value is -0.440. The first kappa shape index (κ1) is 12.6. The molecule has 0 saturated heterocycles. The average Bonchev–Trinajstić information content (AvgIpc) is 2.16. The van der Waals surface area contributed by atoms with Crippen LogP contribution in [-0.2, 0) is 4.79 Å². The van der Waals surface area contributed by atoms with Gasteiger partial charge in [0.1, 0.15) is 5.38 Å². The van der Waals surface area contributed by atoms with Crippen LogP contribution in [0.4, 0.5) is 5.69 Å². The quantitative estimate of drug-likeness (QED) is 0.834. The molecule has 82 valence electrons. The molecule has 1 aromatic carbocycles. The van der Waals surface area contributed by atoms with Gasteiger partial charge in [-0.05, 0) is 25.1 Å². The molecular formula is C10H10Cl3NO. The van der Waals surface area contributed by atoms with Crippen LogP contribution in [0.5, 0.6) is 0 Å². The minimum Gasteiger partial charge on any atom is -0.325 e. The number of rotatable bonds is 3. The average molecular weight is 267 g/mol. The SMILES string of the molecule is C[C@H](Cl)[C@H](Cl)C(=O)Nc1cccc(Cl)c1. The molecule has 1 amide bonds. The maximum absolute atomic E-state index is 11.5. The summed E-state index contributed by atoms with van der Waals surface area (Å²) >= 11 is 17.2. The molecule has 0 aliphatic heterocycles. The van der Waals surface area contributed by atoms with Crippen molar-refractivity contribution >= 4 is 46.4 Å². The van der Waals surface area contributed by atoms with Crippen LogP contribution >= 0.6 is 34.8 Å². The normalized spacial score (nSPS) is 14.4. The predicted molar refractivity (Wildman–Crippen MR) is 65.0 cm³/mol. The van der Waals surface area contributed by atoms with Crippen molar-refractivity contribution in [1.82, 2.24) is 0 Å². The van der Waals surface area contributed by atoms with E-state index in [0.29, 0.717) is 10.7 Å². The summed E-state index contributed by atoms with van der Waals surface area (Å²) in [4.78, 5) is 11.5. The molecule has 1 N–H and O–H groups in total. The van der Waals surface area contributed by atoms with E-state index in [2.05, 4.69) is 5.32 Å². The van der Waals surface area contributed by atoms with Crippen LogP contribution in [0.1, 0.15) is 6.92 Å². The molecule has 0 aromatic heterocycles. The zero-order chi connectivity index (χ0) is 11.4. The number of hydrogen-bond donors (Lipinski definition) is 1. The van der Waals surface area contributed by atoms with Gasteiger partial charge < -0.3 is 5.32 Å². The molecule has 1 rings (SSSR count). The number of halogens is 3. The minimum atomic E-state index is -0.759. The lowest BCUT2D eigenvalue weighted by Crippen LogP contribution is -2.29. The van der Waals surface area contributed by atoms with E-state index in [1.54, 1.807) is 31.2 Å². The lowest BCUT2D eigenvalue weighted by atomic mass is 10.2. The first-order valence-electron chi connectivity index (χ1n) is 4.35. The van der Waals surface area contributed by atoms with Crippen molar-refractivity contribution < 1.29 is 4.79 Å². The fourth-order valence-corrected chi connectivity index (χ4v) is 1.35. The largest absolute Gasteiger partial charge is 0.325 e. The summed E-state index contributed by atoms with van der Waals surface area (Å²) in [6, 6.07) is 6.83. The first-order chi connectivity index (χ1) is 7.00. The molecule has 2 atom stereocenters. The molecule has 0 fully saturated rings. The van der Waals surface area contributed by atoms with Gasteiger partial charge in [0.15, 0.2) is 0 Å². The van der Waals surface area contributed by atoms with Gasteiger partial charge in [0.05, 0.1) is 5.38 Å². The minimum absolute atomic E-state index is 0.332. The van der Waals surface area contributed by atoms with Crippen molar-refractivity contribution in [2.45, 2.75) is 17.7 Å². The molecular weight excluding hydrogens is 256 g/mol. The van der Waals surface area contributed by atoms with Crippen LogP contribution < -0.4 is 5.32 Å². The van der Waals surface area contributed by atoms with Gasteiger partial charge in [-0.25, -0.2) is 0 Å². The Balaban J connectivity index is 2.66. The highest BCUT2D eigenvalue weighted by Gasteiger charge is 2.20. The number of amides is 1. The zero-order valence-corrected chi connectivity index (χ0v) is 10.3. The molecule has 0 bridgehead atoms. The third-order valence-corrected chi connectivity index (χ3v) is 2.94. The van der Waals surface area contributed by atoms with Gasteiger partial charge in [0.2, 0.25) is 5.91 Å². The molecule has 0 spiro atoms. The Bertz CT molecular complexity index is 354. The Labute approximate surface area is 104 Å². The highest BCUT2D eigenvalue weighted by molar-refractivity contribution is 6.38. The Kier molecular flexibility index (Phi) is 4.71. The highest BCUT2D eigenvalue weighted by Crippen LogP contribution is 2.17. The van der Waals surface area contributed by atoms with Crippen LogP contribution in [0.3, 0.4) is 0 Å². The number of hydrogen-bond acceptors (Lipinski definition) is 1. The van der Waals surface area contributed by atoms with E-state index in [0.717, 1.165) is 0 Å². The van der Waals surface area contributed by atoms with Gasteiger partial charge in [-0.1, -0.05) is 17.7 Å². The van der Waals surface area contributed by atoms with E-state index in [1.807, 2.05) is 0 Å². The standard InChI is InChI=1S/C10H10Cl3NO/c1-6(11)9(13)10(15)14-8-4-2-3-7(12)5-8/h2-6,9H,1H3,(H,14,15)/t6-,9-/m0/s1. The molecule has 0 heterocycles. The van der Waals surface area contributed by atoms with Crippen LogP contribution in [0.25, 0.3) is 0 Å². The number of alkyl halides is 2. The van der Waals surface area contributed by atoms with Crippen molar-refractivity contribution in [3.63, 3.8) is 0 Å². The van der Waals surface area contributed by atoms with E-state index in [4.69, 9.17) is 34.8 Å². The highest BCUT2D eigenvalue weighted by atomic mass is 35.5. The third-order valence-electron chi connectivity index (χ3n) is 1.75. The molecule has 5 heteroatoms. The molecule has 0 aliphatic rings. The van der Waals surface area contributed by atoms with E-state index < -0.39 is 10.8 Å². The van der Waals surface area contributed by atoms with Gasteiger partial charge in [-0.2, -0.15) is 0 Å². The Morgan fingerprint density at radius 3 is 2.60 bits per heavy atom. The zero-order valence-electron chi connectivity index (χ0n) is 8.01. The maximum atomic E-state index is 11.5. The summed E-state index contributed by atoms with van der Waals surface area (Å²) in [6.07, 6.45) is 0. The first-order valence-corrected chi connectivity index (χ1v) is 5.60. The molecule has 0 radical (unpaired) electrons.